The normalized spacial score (nSPS) is 12.2. The molecule has 0 saturated carbocycles. The molecular formula is C13H19FN2O. The average molecular weight is 238 g/mol. The Kier molecular flexibility index (Phi) is 5.63. The lowest BCUT2D eigenvalue weighted by atomic mass is 10.1. The maximum atomic E-state index is 12.9. The van der Waals surface area contributed by atoms with E-state index in [2.05, 4.69) is 10.6 Å². The van der Waals surface area contributed by atoms with E-state index in [9.17, 15) is 9.18 Å². The minimum Gasteiger partial charge on any atom is -0.355 e. The zero-order valence-electron chi connectivity index (χ0n) is 10.3. The SMILES string of the molecule is CCNC(=O)C(C)NCCc1cccc(F)c1. The molecule has 1 rings (SSSR count). The van der Waals surface area contributed by atoms with E-state index >= 15 is 0 Å². The summed E-state index contributed by atoms with van der Waals surface area (Å²) in [6.45, 7) is 4.99. The molecule has 17 heavy (non-hydrogen) atoms. The molecule has 0 fully saturated rings. The molecule has 0 spiro atoms. The highest BCUT2D eigenvalue weighted by Crippen LogP contribution is 2.03. The van der Waals surface area contributed by atoms with Gasteiger partial charge in [-0.2, -0.15) is 0 Å². The van der Waals surface area contributed by atoms with Gasteiger partial charge in [-0.3, -0.25) is 4.79 Å². The maximum absolute atomic E-state index is 12.9. The molecule has 0 heterocycles. The summed E-state index contributed by atoms with van der Waals surface area (Å²) < 4.78 is 12.9. The number of amides is 1. The second kappa shape index (κ2) is 7.01. The minimum absolute atomic E-state index is 0.00765. The molecule has 1 amide bonds. The van der Waals surface area contributed by atoms with Crippen molar-refractivity contribution in [2.75, 3.05) is 13.1 Å². The molecule has 0 aliphatic heterocycles. The van der Waals surface area contributed by atoms with Crippen molar-refractivity contribution in [3.8, 4) is 0 Å². The minimum atomic E-state index is -0.223. The van der Waals surface area contributed by atoms with Crippen LogP contribution in [-0.4, -0.2) is 25.0 Å². The van der Waals surface area contributed by atoms with Crippen LogP contribution in [0.3, 0.4) is 0 Å². The third-order valence-electron chi connectivity index (χ3n) is 2.50. The molecule has 4 heteroatoms. The fourth-order valence-corrected chi connectivity index (χ4v) is 1.55. The van der Waals surface area contributed by atoms with E-state index < -0.39 is 0 Å². The first kappa shape index (κ1) is 13.6. The lowest BCUT2D eigenvalue weighted by Crippen LogP contribution is -2.42. The maximum Gasteiger partial charge on any atom is 0.236 e. The number of hydrogen-bond acceptors (Lipinski definition) is 2. The van der Waals surface area contributed by atoms with Gasteiger partial charge in [-0.15, -0.1) is 0 Å². The summed E-state index contributed by atoms with van der Waals surface area (Å²) >= 11 is 0. The van der Waals surface area contributed by atoms with Crippen LogP contribution in [0.25, 0.3) is 0 Å². The second-order valence-corrected chi connectivity index (χ2v) is 3.95. The molecule has 1 aromatic carbocycles. The van der Waals surface area contributed by atoms with Crippen LogP contribution in [0, 0.1) is 5.82 Å². The molecule has 1 unspecified atom stereocenters. The number of carbonyl (C=O) groups is 1. The van der Waals surface area contributed by atoms with Crippen LogP contribution in [-0.2, 0) is 11.2 Å². The number of nitrogens with one attached hydrogen (secondary N) is 2. The van der Waals surface area contributed by atoms with Crippen molar-refractivity contribution in [2.45, 2.75) is 26.3 Å². The molecule has 2 N–H and O–H groups in total. The Bertz CT molecular complexity index is 368. The highest BCUT2D eigenvalue weighted by Gasteiger charge is 2.09. The molecule has 0 aromatic heterocycles. The van der Waals surface area contributed by atoms with Crippen LogP contribution in [0.15, 0.2) is 24.3 Å². The van der Waals surface area contributed by atoms with Gasteiger partial charge in [-0.05, 0) is 44.5 Å². The Morgan fingerprint density at radius 1 is 1.47 bits per heavy atom. The summed E-state index contributed by atoms with van der Waals surface area (Å²) in [7, 11) is 0. The van der Waals surface area contributed by atoms with Gasteiger partial charge in [0.1, 0.15) is 5.82 Å². The Morgan fingerprint density at radius 3 is 2.88 bits per heavy atom. The topological polar surface area (TPSA) is 41.1 Å². The van der Waals surface area contributed by atoms with E-state index in [1.165, 1.54) is 12.1 Å². The number of carbonyl (C=O) groups excluding carboxylic acids is 1. The molecule has 0 saturated heterocycles. The Hall–Kier alpha value is -1.42. The van der Waals surface area contributed by atoms with E-state index in [1.807, 2.05) is 19.9 Å². The van der Waals surface area contributed by atoms with Crippen LogP contribution in [0.1, 0.15) is 19.4 Å². The number of halogens is 1. The molecular weight excluding hydrogens is 219 g/mol. The molecule has 0 bridgehead atoms. The van der Waals surface area contributed by atoms with Crippen molar-refractivity contribution in [1.82, 2.24) is 10.6 Å². The molecule has 1 aromatic rings. The number of hydrogen-bond donors (Lipinski definition) is 2. The largest absolute Gasteiger partial charge is 0.355 e. The first-order chi connectivity index (χ1) is 8.13. The van der Waals surface area contributed by atoms with Gasteiger partial charge in [0.2, 0.25) is 5.91 Å². The van der Waals surface area contributed by atoms with Gasteiger partial charge in [-0.25, -0.2) is 4.39 Å². The molecule has 0 radical (unpaired) electrons. The number of likely N-dealkylation sites (N-methyl/N-ethyl adjacent to an activating group) is 1. The van der Waals surface area contributed by atoms with Gasteiger partial charge in [0.25, 0.3) is 0 Å². The van der Waals surface area contributed by atoms with E-state index in [1.54, 1.807) is 6.07 Å². The summed E-state index contributed by atoms with van der Waals surface area (Å²) in [4.78, 5) is 11.4. The monoisotopic (exact) mass is 238 g/mol. The molecule has 94 valence electrons. The highest BCUT2D eigenvalue weighted by atomic mass is 19.1. The molecule has 3 nitrogen and oxygen atoms in total. The predicted octanol–water partition coefficient (Wildman–Crippen LogP) is 1.48. The van der Waals surface area contributed by atoms with E-state index in [-0.39, 0.29) is 17.8 Å². The molecule has 0 aliphatic rings. The van der Waals surface area contributed by atoms with E-state index in [4.69, 9.17) is 0 Å². The van der Waals surface area contributed by atoms with Crippen molar-refractivity contribution in [2.24, 2.45) is 0 Å². The van der Waals surface area contributed by atoms with Gasteiger partial charge in [0.15, 0.2) is 0 Å². The van der Waals surface area contributed by atoms with Gasteiger partial charge >= 0.3 is 0 Å². The van der Waals surface area contributed by atoms with Crippen LogP contribution < -0.4 is 10.6 Å². The summed E-state index contributed by atoms with van der Waals surface area (Å²) in [6.07, 6.45) is 0.710. The van der Waals surface area contributed by atoms with Crippen molar-refractivity contribution < 1.29 is 9.18 Å². The summed E-state index contributed by atoms with van der Waals surface area (Å²) in [5, 5.41) is 5.84. The van der Waals surface area contributed by atoms with Gasteiger partial charge in [0, 0.05) is 6.54 Å². The summed E-state index contributed by atoms with van der Waals surface area (Å²) in [5.74, 6) is -0.231. The third-order valence-corrected chi connectivity index (χ3v) is 2.50. The van der Waals surface area contributed by atoms with Crippen LogP contribution in [0.2, 0.25) is 0 Å². The Morgan fingerprint density at radius 2 is 2.24 bits per heavy atom. The van der Waals surface area contributed by atoms with Crippen LogP contribution >= 0.6 is 0 Å². The molecule has 1 atom stereocenters. The fourth-order valence-electron chi connectivity index (χ4n) is 1.55. The Labute approximate surface area is 101 Å². The van der Waals surface area contributed by atoms with Gasteiger partial charge in [-0.1, -0.05) is 12.1 Å². The van der Waals surface area contributed by atoms with Crippen molar-refractivity contribution >= 4 is 5.91 Å². The van der Waals surface area contributed by atoms with Crippen LogP contribution in [0.5, 0.6) is 0 Å². The van der Waals surface area contributed by atoms with Crippen LogP contribution in [0.4, 0.5) is 4.39 Å². The van der Waals surface area contributed by atoms with E-state index in [0.717, 1.165) is 5.56 Å². The summed E-state index contributed by atoms with van der Waals surface area (Å²) in [5.41, 5.74) is 0.931. The standard InChI is InChI=1S/C13H19FN2O/c1-3-15-13(17)10(2)16-8-7-11-5-4-6-12(14)9-11/h4-6,9-10,16H,3,7-8H2,1-2H3,(H,15,17). The number of benzene rings is 1. The first-order valence-electron chi connectivity index (χ1n) is 5.89. The highest BCUT2D eigenvalue weighted by molar-refractivity contribution is 5.81. The lowest BCUT2D eigenvalue weighted by molar-refractivity contribution is -0.122. The second-order valence-electron chi connectivity index (χ2n) is 3.95. The quantitative estimate of drug-likeness (QED) is 0.788. The fraction of sp³-hybridized carbons (Fsp3) is 0.462. The smallest absolute Gasteiger partial charge is 0.236 e. The number of rotatable bonds is 6. The Balaban J connectivity index is 2.30. The average Bonchev–Trinajstić information content (AvgIpc) is 2.29. The molecule has 0 aliphatic carbocycles. The lowest BCUT2D eigenvalue weighted by Gasteiger charge is -2.13. The van der Waals surface area contributed by atoms with Gasteiger partial charge < -0.3 is 10.6 Å². The van der Waals surface area contributed by atoms with E-state index in [0.29, 0.717) is 19.5 Å². The third kappa shape index (κ3) is 4.95. The van der Waals surface area contributed by atoms with Crippen molar-refractivity contribution in [1.29, 1.82) is 0 Å². The zero-order valence-corrected chi connectivity index (χ0v) is 10.3. The zero-order chi connectivity index (χ0) is 12.7. The summed E-state index contributed by atoms with van der Waals surface area (Å²) in [6, 6.07) is 6.29. The van der Waals surface area contributed by atoms with Gasteiger partial charge in [0.05, 0.1) is 6.04 Å². The van der Waals surface area contributed by atoms with Crippen molar-refractivity contribution in [3.05, 3.63) is 35.6 Å². The first-order valence-corrected chi connectivity index (χ1v) is 5.89. The van der Waals surface area contributed by atoms with Crippen molar-refractivity contribution in [3.63, 3.8) is 0 Å². The predicted molar refractivity (Wildman–Crippen MR) is 66.3 cm³/mol.